The summed E-state index contributed by atoms with van der Waals surface area (Å²) >= 11 is 0. The Morgan fingerprint density at radius 1 is 1.04 bits per heavy atom. The molecule has 5 heteroatoms. The van der Waals surface area contributed by atoms with Crippen LogP contribution in [0.4, 0.5) is 5.69 Å². The average Bonchev–Trinajstić information content (AvgIpc) is 2.74. The number of para-hydroxylation sites is 2. The molecule has 0 radical (unpaired) electrons. The maximum atomic E-state index is 12.8. The highest BCUT2D eigenvalue weighted by Crippen LogP contribution is 2.21. The number of hydrogen-bond acceptors (Lipinski definition) is 3. The second-order valence-corrected chi connectivity index (χ2v) is 6.69. The topological polar surface area (TPSA) is 58.6 Å². The number of nitrogens with one attached hydrogen (secondary N) is 1. The Bertz CT molecular complexity index is 854. The summed E-state index contributed by atoms with van der Waals surface area (Å²) in [5, 5.41) is 2.84. The molecule has 1 aliphatic rings. The molecular formula is C23H26N2O3. The van der Waals surface area contributed by atoms with Gasteiger partial charge in [0.15, 0.2) is 0 Å². The Labute approximate surface area is 166 Å². The summed E-state index contributed by atoms with van der Waals surface area (Å²) < 4.78 is 5.57. The molecule has 1 saturated heterocycles. The number of nitrogens with zero attached hydrogens (tertiary/aromatic N) is 1. The van der Waals surface area contributed by atoms with Crippen LogP contribution in [0.3, 0.4) is 0 Å². The van der Waals surface area contributed by atoms with Crippen molar-refractivity contribution in [1.82, 2.24) is 4.90 Å². The third kappa shape index (κ3) is 5.00. The summed E-state index contributed by atoms with van der Waals surface area (Å²) in [5.74, 6) is 0.418. The fraction of sp³-hybridized carbons (Fsp3) is 0.304. The lowest BCUT2D eigenvalue weighted by Gasteiger charge is -2.27. The number of piperidine rings is 1. The average molecular weight is 378 g/mol. The number of likely N-dealkylation sites (tertiary alicyclic amines) is 1. The maximum Gasteiger partial charge on any atom is 0.255 e. The van der Waals surface area contributed by atoms with Gasteiger partial charge >= 0.3 is 0 Å². The van der Waals surface area contributed by atoms with Crippen LogP contribution >= 0.6 is 0 Å². The molecule has 0 spiro atoms. The monoisotopic (exact) mass is 378 g/mol. The number of benzene rings is 2. The first-order chi connectivity index (χ1) is 13.7. The fourth-order valence-electron chi connectivity index (χ4n) is 3.29. The van der Waals surface area contributed by atoms with Gasteiger partial charge in [-0.15, -0.1) is 0 Å². The van der Waals surface area contributed by atoms with Crippen molar-refractivity contribution >= 4 is 23.6 Å². The molecule has 28 heavy (non-hydrogen) atoms. The zero-order valence-electron chi connectivity index (χ0n) is 16.2. The summed E-state index contributed by atoms with van der Waals surface area (Å²) in [6, 6.07) is 14.7. The van der Waals surface area contributed by atoms with Gasteiger partial charge < -0.3 is 15.0 Å². The zero-order chi connectivity index (χ0) is 19.8. The molecule has 0 aromatic heterocycles. The lowest BCUT2D eigenvalue weighted by Crippen LogP contribution is -2.36. The van der Waals surface area contributed by atoms with E-state index in [9.17, 15) is 9.59 Å². The Morgan fingerprint density at radius 2 is 1.75 bits per heavy atom. The Kier molecular flexibility index (Phi) is 6.84. The SMILES string of the molecule is CCOc1ccccc1/C=C/C(=O)Nc1ccccc1C(=O)N1CCCCC1. The largest absolute Gasteiger partial charge is 0.493 e. The van der Waals surface area contributed by atoms with Crippen molar-refractivity contribution in [1.29, 1.82) is 0 Å². The molecule has 3 rings (SSSR count). The van der Waals surface area contributed by atoms with E-state index in [1.54, 1.807) is 18.2 Å². The standard InChI is InChI=1S/C23H26N2O3/c1-2-28-21-13-7-4-10-18(21)14-15-22(26)24-20-12-6-5-11-19(20)23(27)25-16-8-3-9-17-25/h4-7,10-15H,2-3,8-9,16-17H2,1H3,(H,24,26)/b15-14+. The Hall–Kier alpha value is -3.08. The van der Waals surface area contributed by atoms with Gasteiger partial charge in [-0.1, -0.05) is 30.3 Å². The van der Waals surface area contributed by atoms with Gasteiger partial charge in [0.2, 0.25) is 5.91 Å². The minimum atomic E-state index is -0.287. The minimum Gasteiger partial charge on any atom is -0.493 e. The highest BCUT2D eigenvalue weighted by molar-refractivity contribution is 6.07. The number of carbonyl (C=O) groups excluding carboxylic acids is 2. The summed E-state index contributed by atoms with van der Waals surface area (Å²) in [6.45, 7) is 4.02. The van der Waals surface area contributed by atoms with Crippen molar-refractivity contribution in [2.24, 2.45) is 0 Å². The summed E-state index contributed by atoms with van der Waals surface area (Å²) in [4.78, 5) is 27.1. The van der Waals surface area contributed by atoms with E-state index in [4.69, 9.17) is 4.74 Å². The van der Waals surface area contributed by atoms with E-state index in [1.807, 2.05) is 48.2 Å². The molecule has 0 saturated carbocycles. The van der Waals surface area contributed by atoms with Gasteiger partial charge in [0.05, 0.1) is 17.9 Å². The molecule has 1 fully saturated rings. The predicted molar refractivity (Wildman–Crippen MR) is 111 cm³/mol. The third-order valence-electron chi connectivity index (χ3n) is 4.69. The quantitative estimate of drug-likeness (QED) is 0.760. The molecule has 1 heterocycles. The fourth-order valence-corrected chi connectivity index (χ4v) is 3.29. The highest BCUT2D eigenvalue weighted by Gasteiger charge is 2.20. The number of rotatable bonds is 6. The van der Waals surface area contributed by atoms with Crippen molar-refractivity contribution < 1.29 is 14.3 Å². The van der Waals surface area contributed by atoms with Gasteiger partial charge in [-0.2, -0.15) is 0 Å². The van der Waals surface area contributed by atoms with Crippen molar-refractivity contribution in [3.8, 4) is 5.75 Å². The molecular weight excluding hydrogens is 352 g/mol. The first-order valence-corrected chi connectivity index (χ1v) is 9.78. The molecule has 2 aromatic carbocycles. The van der Waals surface area contributed by atoms with Crippen LogP contribution in [-0.4, -0.2) is 36.4 Å². The van der Waals surface area contributed by atoms with Crippen molar-refractivity contribution in [2.45, 2.75) is 26.2 Å². The Morgan fingerprint density at radius 3 is 2.54 bits per heavy atom. The second kappa shape index (κ2) is 9.74. The number of anilines is 1. The highest BCUT2D eigenvalue weighted by atomic mass is 16.5. The number of ether oxygens (including phenoxy) is 1. The van der Waals surface area contributed by atoms with Gasteiger partial charge in [-0.05, 0) is 50.5 Å². The van der Waals surface area contributed by atoms with Crippen LogP contribution in [0, 0.1) is 0 Å². The molecule has 146 valence electrons. The smallest absolute Gasteiger partial charge is 0.255 e. The van der Waals surface area contributed by atoms with E-state index in [1.165, 1.54) is 6.08 Å². The molecule has 2 amide bonds. The van der Waals surface area contributed by atoms with Crippen LogP contribution < -0.4 is 10.1 Å². The van der Waals surface area contributed by atoms with Gasteiger partial charge in [-0.25, -0.2) is 0 Å². The van der Waals surface area contributed by atoms with E-state index in [0.717, 1.165) is 43.7 Å². The maximum absolute atomic E-state index is 12.8. The number of hydrogen-bond donors (Lipinski definition) is 1. The molecule has 0 bridgehead atoms. The molecule has 0 aliphatic carbocycles. The van der Waals surface area contributed by atoms with Crippen molar-refractivity contribution in [2.75, 3.05) is 25.0 Å². The van der Waals surface area contributed by atoms with E-state index in [-0.39, 0.29) is 11.8 Å². The van der Waals surface area contributed by atoms with Crippen LogP contribution in [-0.2, 0) is 4.79 Å². The molecule has 0 atom stereocenters. The molecule has 5 nitrogen and oxygen atoms in total. The minimum absolute atomic E-state index is 0.0266. The summed E-state index contributed by atoms with van der Waals surface area (Å²) in [7, 11) is 0. The first-order valence-electron chi connectivity index (χ1n) is 9.78. The van der Waals surface area contributed by atoms with E-state index in [0.29, 0.717) is 17.9 Å². The number of carbonyl (C=O) groups is 2. The number of amides is 2. The second-order valence-electron chi connectivity index (χ2n) is 6.69. The molecule has 2 aromatic rings. The summed E-state index contributed by atoms with van der Waals surface area (Å²) in [5.41, 5.74) is 1.89. The van der Waals surface area contributed by atoms with Gasteiger partial charge in [0.1, 0.15) is 5.75 Å². The molecule has 0 unspecified atom stereocenters. The van der Waals surface area contributed by atoms with Crippen LogP contribution in [0.15, 0.2) is 54.6 Å². The molecule has 1 aliphatic heterocycles. The van der Waals surface area contributed by atoms with Gasteiger partial charge in [0.25, 0.3) is 5.91 Å². The van der Waals surface area contributed by atoms with Crippen LogP contribution in [0.5, 0.6) is 5.75 Å². The lowest BCUT2D eigenvalue weighted by molar-refractivity contribution is -0.111. The normalized spacial score (nSPS) is 14.1. The zero-order valence-corrected chi connectivity index (χ0v) is 16.2. The predicted octanol–water partition coefficient (Wildman–Crippen LogP) is 4.36. The van der Waals surface area contributed by atoms with Crippen molar-refractivity contribution in [3.05, 3.63) is 65.7 Å². The van der Waals surface area contributed by atoms with E-state index >= 15 is 0 Å². The summed E-state index contributed by atoms with van der Waals surface area (Å²) in [6.07, 6.45) is 6.40. The van der Waals surface area contributed by atoms with E-state index in [2.05, 4.69) is 5.32 Å². The van der Waals surface area contributed by atoms with Crippen LogP contribution in [0.25, 0.3) is 6.08 Å². The van der Waals surface area contributed by atoms with Crippen molar-refractivity contribution in [3.63, 3.8) is 0 Å². The first kappa shape index (κ1) is 19.7. The van der Waals surface area contributed by atoms with Crippen LogP contribution in [0.2, 0.25) is 0 Å². The Balaban J connectivity index is 1.72. The lowest BCUT2D eigenvalue weighted by atomic mass is 10.1. The van der Waals surface area contributed by atoms with E-state index < -0.39 is 0 Å². The van der Waals surface area contributed by atoms with Gasteiger partial charge in [-0.3, -0.25) is 9.59 Å². The van der Waals surface area contributed by atoms with Crippen LogP contribution in [0.1, 0.15) is 42.1 Å². The molecule has 1 N–H and O–H groups in total. The third-order valence-corrected chi connectivity index (χ3v) is 4.69. The van der Waals surface area contributed by atoms with Gasteiger partial charge in [0, 0.05) is 24.7 Å².